The highest BCUT2D eigenvalue weighted by molar-refractivity contribution is 7.13. The topological polar surface area (TPSA) is 141 Å². The molecule has 1 saturated heterocycles. The number of aliphatic hydroxyl groups is 1. The molecular formula is C19H30N4O6S. The number of carboxylic acids is 1. The van der Waals surface area contributed by atoms with Gasteiger partial charge >= 0.3 is 5.97 Å². The van der Waals surface area contributed by atoms with Gasteiger partial charge in [0, 0.05) is 37.5 Å². The van der Waals surface area contributed by atoms with Crippen LogP contribution in [0.4, 0.5) is 5.13 Å². The number of nitrogens with zero attached hydrogens (tertiary/aromatic N) is 2. The maximum absolute atomic E-state index is 12.3. The van der Waals surface area contributed by atoms with Crippen molar-refractivity contribution in [1.29, 1.82) is 0 Å². The SMILES string of the molecule is CC(C)OCCCNC(=O)C1CCN(c2nc(C(=O)N[C@@H](CO)C(=O)O)cs2)CC1. The normalized spacial score (nSPS) is 15.8. The minimum Gasteiger partial charge on any atom is -0.480 e. The second-order valence-electron chi connectivity index (χ2n) is 7.39. The summed E-state index contributed by atoms with van der Waals surface area (Å²) in [5.41, 5.74) is 0.109. The number of carbonyl (C=O) groups is 3. The molecule has 4 N–H and O–H groups in total. The molecule has 11 heteroatoms. The van der Waals surface area contributed by atoms with Crippen LogP contribution in [0.1, 0.15) is 43.6 Å². The molecule has 0 aromatic carbocycles. The number of aromatic nitrogens is 1. The van der Waals surface area contributed by atoms with Crippen molar-refractivity contribution in [3.63, 3.8) is 0 Å². The highest BCUT2D eigenvalue weighted by Gasteiger charge is 2.27. The van der Waals surface area contributed by atoms with E-state index >= 15 is 0 Å². The van der Waals surface area contributed by atoms with E-state index in [1.165, 1.54) is 11.3 Å². The van der Waals surface area contributed by atoms with Crippen molar-refractivity contribution in [3.8, 4) is 0 Å². The molecule has 168 valence electrons. The molecule has 0 radical (unpaired) electrons. The van der Waals surface area contributed by atoms with Crippen molar-refractivity contribution in [2.75, 3.05) is 37.7 Å². The Morgan fingerprint density at radius 3 is 2.63 bits per heavy atom. The number of aliphatic carboxylic acids is 1. The van der Waals surface area contributed by atoms with Gasteiger partial charge in [0.25, 0.3) is 5.91 Å². The highest BCUT2D eigenvalue weighted by Crippen LogP contribution is 2.26. The summed E-state index contributed by atoms with van der Waals surface area (Å²) >= 11 is 1.29. The number of rotatable bonds is 11. The van der Waals surface area contributed by atoms with Crippen molar-refractivity contribution in [1.82, 2.24) is 15.6 Å². The fourth-order valence-corrected chi connectivity index (χ4v) is 3.87. The van der Waals surface area contributed by atoms with E-state index in [9.17, 15) is 14.4 Å². The summed E-state index contributed by atoms with van der Waals surface area (Å²) in [6.45, 7) is 5.79. The van der Waals surface area contributed by atoms with Crippen molar-refractivity contribution in [2.45, 2.75) is 45.3 Å². The summed E-state index contributed by atoms with van der Waals surface area (Å²) in [6, 6.07) is -1.37. The van der Waals surface area contributed by atoms with Gasteiger partial charge in [-0.1, -0.05) is 0 Å². The lowest BCUT2D eigenvalue weighted by Crippen LogP contribution is -2.43. The molecule has 0 bridgehead atoms. The zero-order valence-electron chi connectivity index (χ0n) is 17.3. The number of hydrogen-bond donors (Lipinski definition) is 4. The second kappa shape index (κ2) is 11.8. The first-order valence-corrected chi connectivity index (χ1v) is 10.9. The summed E-state index contributed by atoms with van der Waals surface area (Å²) in [5, 5.41) is 25.3. The van der Waals surface area contributed by atoms with Gasteiger partial charge < -0.3 is 30.5 Å². The molecule has 1 atom stereocenters. The number of carbonyl (C=O) groups excluding carboxylic acids is 2. The van der Waals surface area contributed by atoms with Crippen LogP contribution < -0.4 is 15.5 Å². The molecule has 1 aliphatic heterocycles. The number of carboxylic acid groups (broad SMARTS) is 1. The smallest absolute Gasteiger partial charge is 0.328 e. The van der Waals surface area contributed by atoms with Crippen molar-refractivity contribution in [2.24, 2.45) is 5.92 Å². The number of nitrogens with one attached hydrogen (secondary N) is 2. The lowest BCUT2D eigenvalue weighted by Gasteiger charge is -2.31. The molecule has 0 unspecified atom stereocenters. The number of piperidine rings is 1. The van der Waals surface area contributed by atoms with Crippen molar-refractivity contribution >= 4 is 34.3 Å². The molecule has 10 nitrogen and oxygen atoms in total. The van der Waals surface area contributed by atoms with E-state index in [-0.39, 0.29) is 23.6 Å². The molecule has 1 aromatic heterocycles. The van der Waals surface area contributed by atoms with Gasteiger partial charge in [0.05, 0.1) is 12.7 Å². The Kier molecular flexibility index (Phi) is 9.47. The minimum absolute atomic E-state index is 0.0455. The van der Waals surface area contributed by atoms with Gasteiger partial charge in [0.15, 0.2) is 11.2 Å². The van der Waals surface area contributed by atoms with Gasteiger partial charge in [0.2, 0.25) is 5.91 Å². The number of amides is 2. The van der Waals surface area contributed by atoms with Crippen LogP contribution in [0.25, 0.3) is 0 Å². The largest absolute Gasteiger partial charge is 0.480 e. The number of aliphatic hydroxyl groups excluding tert-OH is 1. The third-order valence-corrected chi connectivity index (χ3v) is 5.62. The summed E-state index contributed by atoms with van der Waals surface area (Å²) in [7, 11) is 0. The van der Waals surface area contributed by atoms with Crippen LogP contribution >= 0.6 is 11.3 Å². The van der Waals surface area contributed by atoms with Crippen LogP contribution in [0.5, 0.6) is 0 Å². The van der Waals surface area contributed by atoms with E-state index in [4.69, 9.17) is 14.9 Å². The molecule has 0 saturated carbocycles. The van der Waals surface area contributed by atoms with Crippen LogP contribution in [0.3, 0.4) is 0 Å². The van der Waals surface area contributed by atoms with E-state index in [1.54, 1.807) is 5.38 Å². The molecule has 30 heavy (non-hydrogen) atoms. The van der Waals surface area contributed by atoms with Gasteiger partial charge in [-0.15, -0.1) is 11.3 Å². The lowest BCUT2D eigenvalue weighted by molar-refractivity contribution is -0.140. The summed E-state index contributed by atoms with van der Waals surface area (Å²) in [4.78, 5) is 41.6. The zero-order valence-corrected chi connectivity index (χ0v) is 18.1. The Hall–Kier alpha value is -2.24. The zero-order chi connectivity index (χ0) is 22.1. The highest BCUT2D eigenvalue weighted by atomic mass is 32.1. The average Bonchev–Trinajstić information content (AvgIpc) is 3.21. The average molecular weight is 443 g/mol. The van der Waals surface area contributed by atoms with Crippen LogP contribution in [-0.2, 0) is 14.3 Å². The molecule has 1 fully saturated rings. The predicted octanol–water partition coefficient (Wildman–Crippen LogP) is 0.466. The van der Waals surface area contributed by atoms with Gasteiger partial charge in [-0.2, -0.15) is 0 Å². The quantitative estimate of drug-likeness (QED) is 0.362. The van der Waals surface area contributed by atoms with E-state index in [2.05, 4.69) is 15.6 Å². The Balaban J connectivity index is 1.77. The summed E-state index contributed by atoms with van der Waals surface area (Å²) < 4.78 is 5.46. The standard InChI is InChI=1S/C19H30N4O6S/c1-12(2)29-9-3-6-20-16(25)13-4-7-23(8-5-13)19-22-15(11-30-19)17(26)21-14(10-24)18(27)28/h11-14,24H,3-10H2,1-2H3,(H,20,25)(H,21,26)(H,27,28)/t14-/m0/s1. The number of anilines is 1. The van der Waals surface area contributed by atoms with E-state index in [0.29, 0.717) is 44.2 Å². The van der Waals surface area contributed by atoms with Gasteiger partial charge in [0.1, 0.15) is 5.69 Å². The molecule has 0 spiro atoms. The summed E-state index contributed by atoms with van der Waals surface area (Å²) in [5.74, 6) is -1.94. The number of thiazole rings is 1. The first kappa shape index (κ1) is 24.0. The first-order chi connectivity index (χ1) is 14.3. The van der Waals surface area contributed by atoms with E-state index in [0.717, 1.165) is 6.42 Å². The first-order valence-electron chi connectivity index (χ1n) is 10.1. The van der Waals surface area contributed by atoms with Crippen LogP contribution in [0.15, 0.2) is 5.38 Å². The molecule has 2 heterocycles. The number of hydrogen-bond acceptors (Lipinski definition) is 8. The van der Waals surface area contributed by atoms with Crippen LogP contribution in [0, 0.1) is 5.92 Å². The minimum atomic E-state index is -1.37. The van der Waals surface area contributed by atoms with Gasteiger partial charge in [-0.25, -0.2) is 9.78 Å². The molecule has 1 aromatic rings. The van der Waals surface area contributed by atoms with E-state index < -0.39 is 24.5 Å². The summed E-state index contributed by atoms with van der Waals surface area (Å²) in [6.07, 6.45) is 2.36. The Morgan fingerprint density at radius 1 is 1.33 bits per heavy atom. The Bertz CT molecular complexity index is 718. The lowest BCUT2D eigenvalue weighted by atomic mass is 9.96. The second-order valence-corrected chi connectivity index (χ2v) is 8.22. The molecule has 0 aliphatic carbocycles. The third-order valence-electron chi connectivity index (χ3n) is 4.72. The van der Waals surface area contributed by atoms with Crippen LogP contribution in [0.2, 0.25) is 0 Å². The molecular weight excluding hydrogens is 412 g/mol. The fourth-order valence-electron chi connectivity index (χ4n) is 3.01. The van der Waals surface area contributed by atoms with E-state index in [1.807, 2.05) is 18.7 Å². The predicted molar refractivity (Wildman–Crippen MR) is 112 cm³/mol. The Morgan fingerprint density at radius 2 is 2.03 bits per heavy atom. The monoisotopic (exact) mass is 442 g/mol. The van der Waals surface area contributed by atoms with Crippen LogP contribution in [-0.4, -0.2) is 78.0 Å². The Labute approximate surface area is 179 Å². The molecule has 2 amide bonds. The van der Waals surface area contributed by atoms with Crippen molar-refractivity contribution < 1.29 is 29.3 Å². The fraction of sp³-hybridized carbons (Fsp3) is 0.684. The third kappa shape index (κ3) is 7.22. The molecule has 1 aliphatic rings. The molecule has 2 rings (SSSR count). The number of ether oxygens (including phenoxy) is 1. The van der Waals surface area contributed by atoms with Gasteiger partial charge in [-0.05, 0) is 33.1 Å². The maximum Gasteiger partial charge on any atom is 0.328 e. The van der Waals surface area contributed by atoms with Gasteiger partial charge in [-0.3, -0.25) is 9.59 Å². The maximum atomic E-state index is 12.3. The van der Waals surface area contributed by atoms with Crippen molar-refractivity contribution in [3.05, 3.63) is 11.1 Å².